The van der Waals surface area contributed by atoms with E-state index in [-0.39, 0.29) is 0 Å². The lowest BCUT2D eigenvalue weighted by atomic mass is 9.79. The fourth-order valence-electron chi connectivity index (χ4n) is 1.87. The molecule has 0 saturated carbocycles. The molecule has 1 aromatic carbocycles. The van der Waals surface area contributed by atoms with E-state index in [0.717, 1.165) is 0 Å². The van der Waals surface area contributed by atoms with Crippen LogP contribution in [0, 0.1) is 19.3 Å². The van der Waals surface area contributed by atoms with Crippen molar-refractivity contribution in [1.29, 1.82) is 0 Å². The maximum absolute atomic E-state index is 11.3. The van der Waals surface area contributed by atoms with Gasteiger partial charge in [-0.05, 0) is 50.3 Å². The molecule has 0 radical (unpaired) electrons. The highest BCUT2D eigenvalue weighted by Gasteiger charge is 2.32. The first-order valence-corrected chi connectivity index (χ1v) is 5.69. The summed E-state index contributed by atoms with van der Waals surface area (Å²) in [7, 11) is 0. The summed E-state index contributed by atoms with van der Waals surface area (Å²) in [5.41, 5.74) is 2.88. The van der Waals surface area contributed by atoms with Gasteiger partial charge in [0.05, 0.1) is 5.41 Å². The Morgan fingerprint density at radius 1 is 1.31 bits per heavy atom. The van der Waals surface area contributed by atoms with Crippen LogP contribution in [0.3, 0.4) is 0 Å². The van der Waals surface area contributed by atoms with Gasteiger partial charge in [-0.3, -0.25) is 4.79 Å². The first-order chi connectivity index (χ1) is 7.40. The van der Waals surface area contributed by atoms with Gasteiger partial charge in [-0.1, -0.05) is 25.1 Å². The summed E-state index contributed by atoms with van der Waals surface area (Å²) in [6.45, 7) is 7.84. The van der Waals surface area contributed by atoms with Crippen LogP contribution in [-0.4, -0.2) is 11.1 Å². The molecule has 1 unspecified atom stereocenters. The molecule has 0 aromatic heterocycles. The zero-order valence-electron chi connectivity index (χ0n) is 10.5. The minimum absolute atomic E-state index is 0.608. The first-order valence-electron chi connectivity index (χ1n) is 5.69. The van der Waals surface area contributed by atoms with Crippen molar-refractivity contribution in [3.8, 4) is 0 Å². The van der Waals surface area contributed by atoms with Crippen molar-refractivity contribution in [1.82, 2.24) is 0 Å². The van der Waals surface area contributed by atoms with E-state index in [1.165, 1.54) is 16.7 Å². The van der Waals surface area contributed by atoms with E-state index >= 15 is 0 Å². The van der Waals surface area contributed by atoms with Crippen LogP contribution in [0.4, 0.5) is 0 Å². The van der Waals surface area contributed by atoms with Crippen molar-refractivity contribution in [3.05, 3.63) is 34.9 Å². The molecule has 2 nitrogen and oxygen atoms in total. The summed E-state index contributed by atoms with van der Waals surface area (Å²) in [4.78, 5) is 11.3. The second-order valence-corrected chi connectivity index (χ2v) is 4.77. The van der Waals surface area contributed by atoms with Crippen molar-refractivity contribution >= 4 is 5.97 Å². The van der Waals surface area contributed by atoms with Crippen LogP contribution in [-0.2, 0) is 11.2 Å². The zero-order valence-corrected chi connectivity index (χ0v) is 10.5. The van der Waals surface area contributed by atoms with Gasteiger partial charge in [-0.25, -0.2) is 0 Å². The van der Waals surface area contributed by atoms with Gasteiger partial charge in [0, 0.05) is 0 Å². The molecule has 0 amide bonds. The summed E-state index contributed by atoms with van der Waals surface area (Å²) in [6.07, 6.45) is 1.26. The van der Waals surface area contributed by atoms with Gasteiger partial charge in [0.1, 0.15) is 0 Å². The van der Waals surface area contributed by atoms with Crippen molar-refractivity contribution < 1.29 is 9.90 Å². The third kappa shape index (κ3) is 2.43. The van der Waals surface area contributed by atoms with Gasteiger partial charge >= 0.3 is 5.97 Å². The van der Waals surface area contributed by atoms with E-state index in [9.17, 15) is 9.90 Å². The molecule has 1 N–H and O–H groups in total. The van der Waals surface area contributed by atoms with Gasteiger partial charge in [-0.15, -0.1) is 0 Å². The predicted molar refractivity (Wildman–Crippen MR) is 65.7 cm³/mol. The topological polar surface area (TPSA) is 37.3 Å². The van der Waals surface area contributed by atoms with E-state index in [0.29, 0.717) is 12.8 Å². The molecule has 1 rings (SSSR count). The highest BCUT2D eigenvalue weighted by molar-refractivity contribution is 5.74. The van der Waals surface area contributed by atoms with E-state index in [4.69, 9.17) is 0 Å². The molecule has 0 aliphatic rings. The van der Waals surface area contributed by atoms with Crippen molar-refractivity contribution in [3.63, 3.8) is 0 Å². The van der Waals surface area contributed by atoms with Gasteiger partial charge in [-0.2, -0.15) is 0 Å². The Morgan fingerprint density at radius 2 is 1.81 bits per heavy atom. The summed E-state index contributed by atoms with van der Waals surface area (Å²) < 4.78 is 0. The average molecular weight is 220 g/mol. The van der Waals surface area contributed by atoms with Gasteiger partial charge in [0.2, 0.25) is 0 Å². The van der Waals surface area contributed by atoms with E-state index < -0.39 is 11.4 Å². The Bertz CT molecular complexity index is 375. The number of carbonyl (C=O) groups is 1. The lowest BCUT2D eigenvalue weighted by molar-refractivity contribution is -0.148. The lowest BCUT2D eigenvalue weighted by Gasteiger charge is -2.25. The smallest absolute Gasteiger partial charge is 0.309 e. The monoisotopic (exact) mass is 220 g/mol. The van der Waals surface area contributed by atoms with Crippen LogP contribution >= 0.6 is 0 Å². The minimum Gasteiger partial charge on any atom is -0.481 e. The standard InChI is InChI=1S/C14H20O2/c1-5-14(4,13(15)16)9-12-10(2)7-6-8-11(12)3/h6-8H,5,9H2,1-4H3,(H,15,16). The molecule has 2 heteroatoms. The number of aliphatic carboxylic acids is 1. The molecule has 0 saturated heterocycles. The first kappa shape index (κ1) is 12.8. The number of hydrogen-bond acceptors (Lipinski definition) is 1. The van der Waals surface area contributed by atoms with Crippen molar-refractivity contribution in [2.45, 2.75) is 40.5 Å². The van der Waals surface area contributed by atoms with Gasteiger partial charge in [0.15, 0.2) is 0 Å². The molecule has 16 heavy (non-hydrogen) atoms. The fraction of sp³-hybridized carbons (Fsp3) is 0.500. The summed E-state index contributed by atoms with van der Waals surface area (Å²) in [5, 5.41) is 9.28. The largest absolute Gasteiger partial charge is 0.481 e. The number of benzene rings is 1. The second-order valence-electron chi connectivity index (χ2n) is 4.77. The van der Waals surface area contributed by atoms with E-state index in [1.807, 2.05) is 45.9 Å². The zero-order chi connectivity index (χ0) is 12.3. The molecule has 88 valence electrons. The van der Waals surface area contributed by atoms with Crippen LogP contribution in [0.25, 0.3) is 0 Å². The highest BCUT2D eigenvalue weighted by atomic mass is 16.4. The molecule has 0 aliphatic carbocycles. The highest BCUT2D eigenvalue weighted by Crippen LogP contribution is 2.29. The molecular weight excluding hydrogens is 200 g/mol. The maximum Gasteiger partial charge on any atom is 0.309 e. The average Bonchev–Trinajstić information content (AvgIpc) is 2.23. The fourth-order valence-corrected chi connectivity index (χ4v) is 1.87. The van der Waals surface area contributed by atoms with Crippen molar-refractivity contribution in [2.75, 3.05) is 0 Å². The third-order valence-corrected chi connectivity index (χ3v) is 3.51. The van der Waals surface area contributed by atoms with Crippen LogP contribution in [0.1, 0.15) is 37.0 Å². The molecule has 0 bridgehead atoms. The molecular formula is C14H20O2. The van der Waals surface area contributed by atoms with E-state index in [1.54, 1.807) is 0 Å². The Kier molecular flexibility index (Phi) is 3.74. The summed E-state index contributed by atoms with van der Waals surface area (Å²) >= 11 is 0. The van der Waals surface area contributed by atoms with E-state index in [2.05, 4.69) is 0 Å². The maximum atomic E-state index is 11.3. The van der Waals surface area contributed by atoms with Crippen molar-refractivity contribution in [2.24, 2.45) is 5.41 Å². The Hall–Kier alpha value is -1.31. The summed E-state index contributed by atoms with van der Waals surface area (Å²) in [5.74, 6) is -0.711. The minimum atomic E-state index is -0.711. The number of rotatable bonds is 4. The number of carboxylic acid groups (broad SMARTS) is 1. The second kappa shape index (κ2) is 4.69. The van der Waals surface area contributed by atoms with Crippen LogP contribution < -0.4 is 0 Å². The molecule has 0 spiro atoms. The van der Waals surface area contributed by atoms with Crippen LogP contribution in [0.5, 0.6) is 0 Å². The molecule has 0 heterocycles. The number of carboxylic acids is 1. The normalized spacial score (nSPS) is 14.5. The Morgan fingerprint density at radius 3 is 2.19 bits per heavy atom. The number of hydrogen-bond donors (Lipinski definition) is 1. The Labute approximate surface area is 97.3 Å². The lowest BCUT2D eigenvalue weighted by Crippen LogP contribution is -2.29. The predicted octanol–water partition coefficient (Wildman–Crippen LogP) is 3.35. The molecule has 0 aliphatic heterocycles. The number of aryl methyl sites for hydroxylation is 2. The van der Waals surface area contributed by atoms with Gasteiger partial charge < -0.3 is 5.11 Å². The Balaban J connectivity index is 3.08. The van der Waals surface area contributed by atoms with Crippen LogP contribution in [0.2, 0.25) is 0 Å². The third-order valence-electron chi connectivity index (χ3n) is 3.51. The SMILES string of the molecule is CCC(C)(Cc1c(C)cccc1C)C(=O)O. The molecule has 1 atom stereocenters. The molecule has 0 fully saturated rings. The quantitative estimate of drug-likeness (QED) is 0.845. The van der Waals surface area contributed by atoms with Gasteiger partial charge in [0.25, 0.3) is 0 Å². The summed E-state index contributed by atoms with van der Waals surface area (Å²) in [6, 6.07) is 6.10. The molecule has 1 aromatic rings. The van der Waals surface area contributed by atoms with Crippen LogP contribution in [0.15, 0.2) is 18.2 Å².